The van der Waals surface area contributed by atoms with Crippen LogP contribution in [0, 0.1) is 20.8 Å². The first-order valence-corrected chi connectivity index (χ1v) is 8.58. The van der Waals surface area contributed by atoms with Crippen molar-refractivity contribution < 1.29 is 18.8 Å². The van der Waals surface area contributed by atoms with E-state index in [9.17, 15) is 4.79 Å². The molecule has 0 N–H and O–H groups in total. The number of carbonyl (C=O) groups excluding carboxylic acids is 1. The Morgan fingerprint density at radius 2 is 1.92 bits per heavy atom. The number of carbonyl (C=O) groups is 1. The summed E-state index contributed by atoms with van der Waals surface area (Å²) < 4.78 is 16.0. The second-order valence-electron chi connectivity index (χ2n) is 5.63. The van der Waals surface area contributed by atoms with E-state index in [0.29, 0.717) is 22.9 Å². The van der Waals surface area contributed by atoms with Crippen LogP contribution in [0.5, 0.6) is 5.75 Å². The Morgan fingerprint density at radius 1 is 1.16 bits per heavy atom. The lowest BCUT2D eigenvalue weighted by atomic mass is 10.2. The van der Waals surface area contributed by atoms with Crippen LogP contribution in [0.1, 0.15) is 37.4 Å². The van der Waals surface area contributed by atoms with Crippen molar-refractivity contribution >= 4 is 17.3 Å². The largest absolute Gasteiger partial charge is 0.486 e. The summed E-state index contributed by atoms with van der Waals surface area (Å²) in [5.41, 5.74) is 2.55. The van der Waals surface area contributed by atoms with Gasteiger partial charge < -0.3 is 14.0 Å². The SMILES string of the molecule is Cc1ccc(OCc2nc(C)c(C(=O)OCc3cc(C)no3)s2)cc1. The molecule has 0 radical (unpaired) electrons. The molecule has 0 saturated heterocycles. The Bertz CT molecular complexity index is 868. The summed E-state index contributed by atoms with van der Waals surface area (Å²) >= 11 is 1.27. The Morgan fingerprint density at radius 3 is 2.60 bits per heavy atom. The second kappa shape index (κ2) is 7.48. The van der Waals surface area contributed by atoms with E-state index in [4.69, 9.17) is 14.0 Å². The van der Waals surface area contributed by atoms with E-state index >= 15 is 0 Å². The zero-order valence-corrected chi connectivity index (χ0v) is 15.1. The van der Waals surface area contributed by atoms with Gasteiger partial charge in [-0.3, -0.25) is 0 Å². The van der Waals surface area contributed by atoms with E-state index in [0.717, 1.165) is 16.5 Å². The Kier molecular flexibility index (Phi) is 5.14. The minimum atomic E-state index is -0.425. The topological polar surface area (TPSA) is 74.5 Å². The van der Waals surface area contributed by atoms with Gasteiger partial charge in [0.05, 0.1) is 11.4 Å². The molecule has 7 heteroatoms. The first kappa shape index (κ1) is 17.2. The summed E-state index contributed by atoms with van der Waals surface area (Å²) in [7, 11) is 0. The maximum Gasteiger partial charge on any atom is 0.350 e. The maximum atomic E-state index is 12.2. The zero-order valence-electron chi connectivity index (χ0n) is 14.2. The molecule has 0 fully saturated rings. The van der Waals surface area contributed by atoms with Gasteiger partial charge in [-0.05, 0) is 32.9 Å². The van der Waals surface area contributed by atoms with Crippen LogP contribution in [0.2, 0.25) is 0 Å². The molecule has 0 aliphatic rings. The Labute approximate surface area is 149 Å². The van der Waals surface area contributed by atoms with Crippen LogP contribution in [0.15, 0.2) is 34.9 Å². The number of hydrogen-bond donors (Lipinski definition) is 0. The number of nitrogens with zero attached hydrogens (tertiary/aromatic N) is 2. The highest BCUT2D eigenvalue weighted by molar-refractivity contribution is 7.13. The summed E-state index contributed by atoms with van der Waals surface area (Å²) in [6, 6.07) is 9.51. The number of aromatic nitrogens is 2. The molecule has 1 aromatic carbocycles. The molecule has 2 aromatic heterocycles. The molecule has 2 heterocycles. The molecule has 0 bridgehead atoms. The lowest BCUT2D eigenvalue weighted by molar-refractivity contribution is 0.0442. The van der Waals surface area contributed by atoms with Crippen LogP contribution in [-0.2, 0) is 18.0 Å². The molecule has 0 aliphatic heterocycles. The fourth-order valence-corrected chi connectivity index (χ4v) is 3.04. The standard InChI is InChI=1S/C18H18N2O4S/c1-11-4-6-14(7-5-11)22-10-16-19-13(3)17(25-16)18(21)23-9-15-8-12(2)20-24-15/h4-8H,9-10H2,1-3H3. The third-order valence-electron chi connectivity index (χ3n) is 3.43. The van der Waals surface area contributed by atoms with Crippen LogP contribution in [-0.4, -0.2) is 16.1 Å². The van der Waals surface area contributed by atoms with Crippen molar-refractivity contribution in [2.45, 2.75) is 34.0 Å². The smallest absolute Gasteiger partial charge is 0.350 e. The lowest BCUT2D eigenvalue weighted by Gasteiger charge is -2.03. The minimum absolute atomic E-state index is 0.0478. The van der Waals surface area contributed by atoms with Gasteiger partial charge in [0.1, 0.15) is 22.2 Å². The molecule has 0 atom stereocenters. The first-order valence-electron chi connectivity index (χ1n) is 7.76. The molecule has 0 amide bonds. The maximum absolute atomic E-state index is 12.2. The first-order chi connectivity index (χ1) is 12.0. The van der Waals surface area contributed by atoms with E-state index in [2.05, 4.69) is 10.1 Å². The third-order valence-corrected chi connectivity index (χ3v) is 4.54. The number of aryl methyl sites for hydroxylation is 3. The fourth-order valence-electron chi connectivity index (χ4n) is 2.17. The van der Waals surface area contributed by atoms with Gasteiger partial charge in [0.2, 0.25) is 0 Å². The number of ether oxygens (including phenoxy) is 2. The second-order valence-corrected chi connectivity index (χ2v) is 6.72. The average molecular weight is 358 g/mol. The molecule has 3 rings (SSSR count). The third kappa shape index (κ3) is 4.45. The summed E-state index contributed by atoms with van der Waals surface area (Å²) in [5, 5.41) is 4.48. The zero-order chi connectivity index (χ0) is 17.8. The quantitative estimate of drug-likeness (QED) is 0.620. The van der Waals surface area contributed by atoms with Gasteiger partial charge in [-0.15, -0.1) is 11.3 Å². The molecule has 3 aromatic rings. The van der Waals surface area contributed by atoms with Crippen molar-refractivity contribution in [3.05, 3.63) is 62.9 Å². The van der Waals surface area contributed by atoms with Gasteiger partial charge in [-0.25, -0.2) is 9.78 Å². The molecule has 0 spiro atoms. The Hall–Kier alpha value is -2.67. The number of benzene rings is 1. The normalized spacial score (nSPS) is 10.7. The summed E-state index contributed by atoms with van der Waals surface area (Å²) in [4.78, 5) is 17.1. The molecule has 0 aliphatic carbocycles. The van der Waals surface area contributed by atoms with Crippen LogP contribution >= 0.6 is 11.3 Å². The van der Waals surface area contributed by atoms with Crippen molar-refractivity contribution in [2.24, 2.45) is 0 Å². The molecule has 0 unspecified atom stereocenters. The van der Waals surface area contributed by atoms with Crippen molar-refractivity contribution in [1.82, 2.24) is 10.1 Å². The Balaban J connectivity index is 1.59. The van der Waals surface area contributed by atoms with E-state index in [1.54, 1.807) is 13.0 Å². The average Bonchev–Trinajstić information content (AvgIpc) is 3.18. The fraction of sp³-hybridized carbons (Fsp3) is 0.278. The van der Waals surface area contributed by atoms with E-state index in [-0.39, 0.29) is 6.61 Å². The summed E-state index contributed by atoms with van der Waals surface area (Å²) in [6.07, 6.45) is 0. The number of thiazole rings is 1. The molecule has 0 saturated carbocycles. The van der Waals surface area contributed by atoms with E-state index < -0.39 is 5.97 Å². The lowest BCUT2D eigenvalue weighted by Crippen LogP contribution is -2.04. The molecular weight excluding hydrogens is 340 g/mol. The number of rotatable bonds is 6. The van der Waals surface area contributed by atoms with Gasteiger partial charge in [0.25, 0.3) is 0 Å². The monoisotopic (exact) mass is 358 g/mol. The molecule has 25 heavy (non-hydrogen) atoms. The highest BCUT2D eigenvalue weighted by Crippen LogP contribution is 2.22. The van der Waals surface area contributed by atoms with Crippen LogP contribution < -0.4 is 4.74 Å². The molecule has 6 nitrogen and oxygen atoms in total. The van der Waals surface area contributed by atoms with Crippen LogP contribution in [0.3, 0.4) is 0 Å². The van der Waals surface area contributed by atoms with Crippen LogP contribution in [0.4, 0.5) is 0 Å². The number of hydrogen-bond acceptors (Lipinski definition) is 7. The number of esters is 1. The van der Waals surface area contributed by atoms with E-state index in [1.807, 2.05) is 38.1 Å². The highest BCUT2D eigenvalue weighted by Gasteiger charge is 2.18. The predicted molar refractivity (Wildman–Crippen MR) is 92.7 cm³/mol. The van der Waals surface area contributed by atoms with Crippen molar-refractivity contribution in [3.63, 3.8) is 0 Å². The van der Waals surface area contributed by atoms with Crippen molar-refractivity contribution in [2.75, 3.05) is 0 Å². The molecular formula is C18H18N2O4S. The van der Waals surface area contributed by atoms with Crippen molar-refractivity contribution in [1.29, 1.82) is 0 Å². The van der Waals surface area contributed by atoms with Gasteiger partial charge in [0.15, 0.2) is 12.4 Å². The minimum Gasteiger partial charge on any atom is -0.486 e. The van der Waals surface area contributed by atoms with Gasteiger partial charge in [0, 0.05) is 6.07 Å². The van der Waals surface area contributed by atoms with E-state index in [1.165, 1.54) is 16.9 Å². The van der Waals surface area contributed by atoms with Crippen LogP contribution in [0.25, 0.3) is 0 Å². The van der Waals surface area contributed by atoms with Gasteiger partial charge in [-0.2, -0.15) is 0 Å². The van der Waals surface area contributed by atoms with Gasteiger partial charge >= 0.3 is 5.97 Å². The van der Waals surface area contributed by atoms with Gasteiger partial charge in [-0.1, -0.05) is 22.9 Å². The summed E-state index contributed by atoms with van der Waals surface area (Å²) in [6.45, 7) is 5.96. The highest BCUT2D eigenvalue weighted by atomic mass is 32.1. The van der Waals surface area contributed by atoms with Crippen molar-refractivity contribution in [3.8, 4) is 5.75 Å². The molecule has 130 valence electrons. The summed E-state index contributed by atoms with van der Waals surface area (Å²) in [5.74, 6) is 0.852. The predicted octanol–water partition coefficient (Wildman–Crippen LogP) is 3.99.